The molecule has 2 rings (SSSR count). The predicted molar refractivity (Wildman–Crippen MR) is 56.1 cm³/mol. The Balaban J connectivity index is 1.97. The maximum atomic E-state index is 11.1. The van der Waals surface area contributed by atoms with E-state index >= 15 is 0 Å². The van der Waals surface area contributed by atoms with Gasteiger partial charge in [-0.15, -0.1) is 0 Å². The lowest BCUT2D eigenvalue weighted by Gasteiger charge is -2.44. The van der Waals surface area contributed by atoms with Gasteiger partial charge in [0.05, 0.1) is 0 Å². The van der Waals surface area contributed by atoms with Gasteiger partial charge in [0.1, 0.15) is 0 Å². The smallest absolute Gasteiger partial charge is 0.217 e. The van der Waals surface area contributed by atoms with E-state index in [1.165, 1.54) is 45.2 Å². The minimum absolute atomic E-state index is 0.127. The van der Waals surface area contributed by atoms with Crippen molar-refractivity contribution >= 4 is 5.91 Å². The summed E-state index contributed by atoms with van der Waals surface area (Å²) in [5.41, 5.74) is 0. The minimum Gasteiger partial charge on any atom is -0.352 e. The fourth-order valence-electron chi connectivity index (χ4n) is 2.89. The van der Waals surface area contributed by atoms with Crippen LogP contribution in [0.1, 0.15) is 39.0 Å². The van der Waals surface area contributed by atoms with Crippen LogP contribution in [0.5, 0.6) is 0 Å². The summed E-state index contributed by atoms with van der Waals surface area (Å²) in [6.45, 7) is 4.10. The molecule has 14 heavy (non-hydrogen) atoms. The van der Waals surface area contributed by atoms with Gasteiger partial charge < -0.3 is 5.32 Å². The third kappa shape index (κ3) is 2.08. The molecule has 2 atom stereocenters. The first-order chi connectivity index (χ1) is 6.77. The van der Waals surface area contributed by atoms with E-state index in [2.05, 4.69) is 10.2 Å². The zero-order chi connectivity index (χ0) is 9.97. The van der Waals surface area contributed by atoms with Crippen LogP contribution in [-0.2, 0) is 4.79 Å². The summed E-state index contributed by atoms with van der Waals surface area (Å²) in [7, 11) is 0. The molecule has 0 aromatic rings. The molecule has 2 aliphatic rings. The molecule has 1 N–H and O–H groups in total. The molecule has 0 bridgehead atoms. The molecule has 3 nitrogen and oxygen atoms in total. The maximum absolute atomic E-state index is 11.1. The first-order valence-electron chi connectivity index (χ1n) is 5.78. The Kier molecular flexibility index (Phi) is 3.06. The number of fused-ring (bicyclic) bond motifs is 1. The molecule has 3 heteroatoms. The number of nitrogens with zero attached hydrogens (tertiary/aromatic N) is 1. The summed E-state index contributed by atoms with van der Waals surface area (Å²) in [5.74, 6) is 0.127. The van der Waals surface area contributed by atoms with E-state index in [9.17, 15) is 4.79 Å². The molecule has 0 aliphatic carbocycles. The van der Waals surface area contributed by atoms with E-state index in [4.69, 9.17) is 0 Å². The van der Waals surface area contributed by atoms with E-state index in [-0.39, 0.29) is 5.91 Å². The van der Waals surface area contributed by atoms with Crippen molar-refractivity contribution < 1.29 is 4.79 Å². The van der Waals surface area contributed by atoms with Crippen LogP contribution in [0.15, 0.2) is 0 Å². The van der Waals surface area contributed by atoms with E-state index in [1.807, 2.05) is 0 Å². The van der Waals surface area contributed by atoms with E-state index in [1.54, 1.807) is 6.92 Å². The lowest BCUT2D eigenvalue weighted by atomic mass is 9.89. The average Bonchev–Trinajstić information content (AvgIpc) is 2.18. The summed E-state index contributed by atoms with van der Waals surface area (Å²) in [5, 5.41) is 3.10. The fraction of sp³-hybridized carbons (Fsp3) is 0.909. The first kappa shape index (κ1) is 9.97. The number of hydrogen-bond acceptors (Lipinski definition) is 2. The van der Waals surface area contributed by atoms with Gasteiger partial charge in [0, 0.05) is 19.0 Å². The molecule has 2 heterocycles. The molecule has 0 aromatic heterocycles. The monoisotopic (exact) mass is 196 g/mol. The van der Waals surface area contributed by atoms with Crippen LogP contribution in [0.25, 0.3) is 0 Å². The van der Waals surface area contributed by atoms with Gasteiger partial charge in [0.25, 0.3) is 0 Å². The van der Waals surface area contributed by atoms with Crippen molar-refractivity contribution in [3.8, 4) is 0 Å². The van der Waals surface area contributed by atoms with Crippen molar-refractivity contribution in [2.75, 3.05) is 13.1 Å². The standard InChI is InChI=1S/C11H20N2O/c1-9(14)12-10-5-4-8-13-7-3-2-6-11(10)13/h10-11H,2-8H2,1H3,(H,12,14)/t10-,11+/m1/s1. The average molecular weight is 196 g/mol. The molecule has 2 saturated heterocycles. The van der Waals surface area contributed by atoms with E-state index in [0.717, 1.165) is 0 Å². The number of amides is 1. The molecule has 80 valence electrons. The largest absolute Gasteiger partial charge is 0.352 e. The summed E-state index contributed by atoms with van der Waals surface area (Å²) < 4.78 is 0. The molecule has 0 saturated carbocycles. The molecule has 2 aliphatic heterocycles. The lowest BCUT2D eigenvalue weighted by molar-refractivity contribution is -0.120. The Morgan fingerprint density at radius 2 is 2.00 bits per heavy atom. The van der Waals surface area contributed by atoms with Crippen LogP contribution < -0.4 is 5.32 Å². The summed E-state index contributed by atoms with van der Waals surface area (Å²) in [4.78, 5) is 13.6. The molecule has 0 spiro atoms. The van der Waals surface area contributed by atoms with Crippen LogP contribution in [0, 0.1) is 0 Å². The number of nitrogens with one attached hydrogen (secondary N) is 1. The van der Waals surface area contributed by atoms with Gasteiger partial charge in [-0.25, -0.2) is 0 Å². The number of carbonyl (C=O) groups is 1. The second kappa shape index (κ2) is 4.30. The highest BCUT2D eigenvalue weighted by molar-refractivity contribution is 5.73. The van der Waals surface area contributed by atoms with Crippen LogP contribution in [0.3, 0.4) is 0 Å². The highest BCUT2D eigenvalue weighted by atomic mass is 16.1. The van der Waals surface area contributed by atoms with Crippen molar-refractivity contribution in [3.63, 3.8) is 0 Å². The minimum atomic E-state index is 0.127. The van der Waals surface area contributed by atoms with Gasteiger partial charge in [0.15, 0.2) is 0 Å². The molecular formula is C11H20N2O. The molecule has 2 fully saturated rings. The van der Waals surface area contributed by atoms with Gasteiger partial charge in [-0.3, -0.25) is 9.69 Å². The van der Waals surface area contributed by atoms with Crippen LogP contribution >= 0.6 is 0 Å². The number of hydrogen-bond donors (Lipinski definition) is 1. The lowest BCUT2D eigenvalue weighted by Crippen LogP contribution is -2.56. The topological polar surface area (TPSA) is 32.3 Å². The van der Waals surface area contributed by atoms with E-state index in [0.29, 0.717) is 12.1 Å². The van der Waals surface area contributed by atoms with E-state index < -0.39 is 0 Å². The summed E-state index contributed by atoms with van der Waals surface area (Å²) in [6, 6.07) is 1.04. The Morgan fingerprint density at radius 1 is 1.21 bits per heavy atom. The van der Waals surface area contributed by atoms with Gasteiger partial charge in [-0.05, 0) is 38.8 Å². The number of rotatable bonds is 1. The Hall–Kier alpha value is -0.570. The van der Waals surface area contributed by atoms with Crippen molar-refractivity contribution in [3.05, 3.63) is 0 Å². The third-order valence-electron chi connectivity index (χ3n) is 3.48. The van der Waals surface area contributed by atoms with Gasteiger partial charge in [0.2, 0.25) is 5.91 Å². The van der Waals surface area contributed by atoms with Crippen LogP contribution in [0.2, 0.25) is 0 Å². The SMILES string of the molecule is CC(=O)N[C@@H]1CCCN2CCCC[C@@H]12. The van der Waals surface area contributed by atoms with Gasteiger partial charge in [-0.2, -0.15) is 0 Å². The summed E-state index contributed by atoms with van der Waals surface area (Å²) in [6.07, 6.45) is 6.34. The molecule has 0 unspecified atom stereocenters. The van der Waals surface area contributed by atoms with Gasteiger partial charge >= 0.3 is 0 Å². The van der Waals surface area contributed by atoms with Crippen molar-refractivity contribution in [1.29, 1.82) is 0 Å². The highest BCUT2D eigenvalue weighted by Crippen LogP contribution is 2.26. The first-order valence-corrected chi connectivity index (χ1v) is 5.78. The Morgan fingerprint density at radius 3 is 2.79 bits per heavy atom. The normalized spacial score (nSPS) is 33.5. The van der Waals surface area contributed by atoms with Crippen LogP contribution in [0.4, 0.5) is 0 Å². The Labute approximate surface area is 85.8 Å². The molecule has 0 aromatic carbocycles. The number of piperidine rings is 2. The summed E-state index contributed by atoms with van der Waals surface area (Å²) >= 11 is 0. The molecule has 1 amide bonds. The third-order valence-corrected chi connectivity index (χ3v) is 3.48. The molecule has 0 radical (unpaired) electrons. The number of carbonyl (C=O) groups excluding carboxylic acids is 1. The highest BCUT2D eigenvalue weighted by Gasteiger charge is 2.33. The van der Waals surface area contributed by atoms with Crippen molar-refractivity contribution in [2.24, 2.45) is 0 Å². The van der Waals surface area contributed by atoms with Crippen molar-refractivity contribution in [2.45, 2.75) is 51.1 Å². The van der Waals surface area contributed by atoms with Crippen molar-refractivity contribution in [1.82, 2.24) is 10.2 Å². The second-order valence-electron chi connectivity index (χ2n) is 4.55. The molecular weight excluding hydrogens is 176 g/mol. The zero-order valence-corrected chi connectivity index (χ0v) is 8.96. The predicted octanol–water partition coefficient (Wildman–Crippen LogP) is 1.14. The second-order valence-corrected chi connectivity index (χ2v) is 4.55. The van der Waals surface area contributed by atoms with Gasteiger partial charge in [-0.1, -0.05) is 6.42 Å². The zero-order valence-electron chi connectivity index (χ0n) is 8.96. The Bertz CT molecular complexity index is 215. The quantitative estimate of drug-likeness (QED) is 0.682. The fourth-order valence-corrected chi connectivity index (χ4v) is 2.89. The maximum Gasteiger partial charge on any atom is 0.217 e. The van der Waals surface area contributed by atoms with Crippen LogP contribution in [-0.4, -0.2) is 36.0 Å².